The third-order valence-electron chi connectivity index (χ3n) is 5.38. The van der Waals surface area contributed by atoms with Gasteiger partial charge in [0.25, 0.3) is 5.56 Å². The molecule has 0 radical (unpaired) electrons. The average Bonchev–Trinajstić information content (AvgIpc) is 2.80. The summed E-state index contributed by atoms with van der Waals surface area (Å²) in [5.74, 6) is 2.06. The van der Waals surface area contributed by atoms with E-state index in [-0.39, 0.29) is 17.6 Å². The molecule has 1 heterocycles. The molecular weight excluding hydrogens is 494 g/mol. The first-order valence-electron chi connectivity index (χ1n) is 11.6. The highest BCUT2D eigenvalue weighted by molar-refractivity contribution is 9.10. The number of benzene rings is 2. The second-order valence-corrected chi connectivity index (χ2v) is 9.32. The molecule has 3 aromatic rings. The first-order valence-corrected chi connectivity index (χ1v) is 12.4. The van der Waals surface area contributed by atoms with Crippen LogP contribution in [0.4, 0.5) is 0 Å². The SMILES string of the molecule is C=CCc1cc(C=Nn2c([C@H](C)CC)nc3ccc(Br)cc3c2=O)cc(OCC)c1OC(C)C. The molecule has 0 amide bonds. The summed E-state index contributed by atoms with van der Waals surface area (Å²) in [6, 6.07) is 9.40. The lowest BCUT2D eigenvalue weighted by atomic mass is 10.1. The molecule has 0 spiro atoms. The van der Waals surface area contributed by atoms with Crippen molar-refractivity contribution in [3.05, 3.63) is 74.8 Å². The molecule has 0 bridgehead atoms. The van der Waals surface area contributed by atoms with E-state index in [9.17, 15) is 4.79 Å². The van der Waals surface area contributed by atoms with Crippen LogP contribution in [0.5, 0.6) is 11.5 Å². The molecule has 0 fully saturated rings. The Bertz CT molecular complexity index is 1260. The molecule has 2 aromatic carbocycles. The van der Waals surface area contributed by atoms with E-state index in [2.05, 4.69) is 34.5 Å². The Hall–Kier alpha value is -2.93. The van der Waals surface area contributed by atoms with Crippen molar-refractivity contribution in [2.75, 3.05) is 6.61 Å². The van der Waals surface area contributed by atoms with Gasteiger partial charge >= 0.3 is 0 Å². The van der Waals surface area contributed by atoms with Gasteiger partial charge in [-0.25, -0.2) is 4.98 Å². The lowest BCUT2D eigenvalue weighted by molar-refractivity contribution is 0.222. The summed E-state index contributed by atoms with van der Waals surface area (Å²) in [7, 11) is 0. The summed E-state index contributed by atoms with van der Waals surface area (Å²) in [6.45, 7) is 14.4. The molecule has 0 aliphatic heterocycles. The van der Waals surface area contributed by atoms with Crippen LogP contribution < -0.4 is 15.0 Å². The second kappa shape index (κ2) is 11.5. The molecule has 0 N–H and O–H groups in total. The Morgan fingerprint density at radius 1 is 1.21 bits per heavy atom. The van der Waals surface area contributed by atoms with Gasteiger partial charge in [-0.1, -0.05) is 35.9 Å². The Labute approximate surface area is 209 Å². The van der Waals surface area contributed by atoms with Crippen LogP contribution in [0, 0.1) is 0 Å². The van der Waals surface area contributed by atoms with Crippen molar-refractivity contribution >= 4 is 33.0 Å². The van der Waals surface area contributed by atoms with Gasteiger partial charge in [0.2, 0.25) is 0 Å². The van der Waals surface area contributed by atoms with E-state index >= 15 is 0 Å². The number of allylic oxidation sites excluding steroid dienone is 1. The van der Waals surface area contributed by atoms with E-state index in [1.807, 2.05) is 58.0 Å². The Kier molecular flexibility index (Phi) is 8.67. The molecule has 1 atom stereocenters. The number of rotatable bonds is 10. The molecule has 0 unspecified atom stereocenters. The number of hydrogen-bond acceptors (Lipinski definition) is 5. The fourth-order valence-corrected chi connectivity index (χ4v) is 3.96. The summed E-state index contributed by atoms with van der Waals surface area (Å²) in [5, 5.41) is 5.11. The quantitative estimate of drug-likeness (QED) is 0.224. The highest BCUT2D eigenvalue weighted by atomic mass is 79.9. The summed E-state index contributed by atoms with van der Waals surface area (Å²) in [6.07, 6.45) is 4.96. The Morgan fingerprint density at radius 3 is 2.62 bits per heavy atom. The highest BCUT2D eigenvalue weighted by Gasteiger charge is 2.17. The van der Waals surface area contributed by atoms with Crippen LogP contribution in [0.25, 0.3) is 10.9 Å². The van der Waals surface area contributed by atoms with E-state index in [1.54, 1.807) is 12.3 Å². The zero-order valence-corrected chi connectivity index (χ0v) is 22.1. The van der Waals surface area contributed by atoms with Crippen molar-refractivity contribution in [3.8, 4) is 11.5 Å². The normalized spacial score (nSPS) is 12.4. The topological polar surface area (TPSA) is 65.7 Å². The maximum atomic E-state index is 13.4. The molecule has 0 aliphatic rings. The molecule has 3 rings (SSSR count). The van der Waals surface area contributed by atoms with E-state index in [0.717, 1.165) is 22.0 Å². The van der Waals surface area contributed by atoms with Crippen molar-refractivity contribution in [1.82, 2.24) is 9.66 Å². The predicted octanol–water partition coefficient (Wildman–Crippen LogP) is 6.47. The van der Waals surface area contributed by atoms with Gasteiger partial charge in [-0.2, -0.15) is 9.78 Å². The van der Waals surface area contributed by atoms with Gasteiger partial charge in [0.1, 0.15) is 5.82 Å². The maximum absolute atomic E-state index is 13.4. The molecule has 0 aliphatic carbocycles. The minimum Gasteiger partial charge on any atom is -0.490 e. The maximum Gasteiger partial charge on any atom is 0.282 e. The molecule has 0 saturated heterocycles. The average molecular weight is 526 g/mol. The van der Waals surface area contributed by atoms with E-state index in [0.29, 0.717) is 41.3 Å². The van der Waals surface area contributed by atoms with Crippen molar-refractivity contribution in [3.63, 3.8) is 0 Å². The van der Waals surface area contributed by atoms with Crippen LogP contribution in [-0.2, 0) is 6.42 Å². The van der Waals surface area contributed by atoms with E-state index in [4.69, 9.17) is 14.5 Å². The smallest absolute Gasteiger partial charge is 0.282 e. The van der Waals surface area contributed by atoms with Crippen LogP contribution in [0.2, 0.25) is 0 Å². The van der Waals surface area contributed by atoms with Crippen molar-refractivity contribution < 1.29 is 9.47 Å². The fourth-order valence-electron chi connectivity index (χ4n) is 3.60. The molecular formula is C27H32BrN3O3. The third-order valence-corrected chi connectivity index (χ3v) is 5.87. The minimum absolute atomic E-state index is 0.00181. The van der Waals surface area contributed by atoms with Gasteiger partial charge in [0.15, 0.2) is 11.5 Å². The van der Waals surface area contributed by atoms with Gasteiger partial charge in [-0.05, 0) is 69.5 Å². The molecule has 6 nitrogen and oxygen atoms in total. The van der Waals surface area contributed by atoms with E-state index in [1.165, 1.54) is 4.68 Å². The van der Waals surface area contributed by atoms with Gasteiger partial charge in [-0.3, -0.25) is 4.79 Å². The summed E-state index contributed by atoms with van der Waals surface area (Å²) in [5.41, 5.74) is 2.21. The van der Waals surface area contributed by atoms with Crippen molar-refractivity contribution in [2.24, 2.45) is 5.10 Å². The minimum atomic E-state index is -0.200. The second-order valence-electron chi connectivity index (χ2n) is 8.40. The monoisotopic (exact) mass is 525 g/mol. The van der Waals surface area contributed by atoms with Crippen LogP contribution >= 0.6 is 15.9 Å². The number of aromatic nitrogens is 2. The number of ether oxygens (including phenoxy) is 2. The van der Waals surface area contributed by atoms with E-state index < -0.39 is 0 Å². The van der Waals surface area contributed by atoms with Crippen LogP contribution in [-0.4, -0.2) is 28.6 Å². The van der Waals surface area contributed by atoms with Gasteiger partial charge < -0.3 is 9.47 Å². The van der Waals surface area contributed by atoms with Gasteiger partial charge in [-0.15, -0.1) is 6.58 Å². The van der Waals surface area contributed by atoms with Crippen LogP contribution in [0.15, 0.2) is 57.4 Å². The molecule has 1 aromatic heterocycles. The highest BCUT2D eigenvalue weighted by Crippen LogP contribution is 2.34. The molecule has 180 valence electrons. The zero-order valence-electron chi connectivity index (χ0n) is 20.5. The molecule has 34 heavy (non-hydrogen) atoms. The van der Waals surface area contributed by atoms with Crippen LogP contribution in [0.1, 0.15) is 63.9 Å². The number of nitrogens with zero attached hydrogens (tertiary/aromatic N) is 3. The summed E-state index contributed by atoms with van der Waals surface area (Å²) >= 11 is 3.45. The largest absolute Gasteiger partial charge is 0.490 e. The number of fused-ring (bicyclic) bond motifs is 1. The number of hydrogen-bond donors (Lipinski definition) is 0. The Balaban J connectivity index is 2.17. The first-order chi connectivity index (χ1) is 16.3. The standard InChI is InChI=1S/C27H32BrN3O3/c1-7-10-20-13-19(14-24(33-9-3)25(20)34-17(4)5)16-29-31-26(18(6)8-2)30-23-12-11-21(28)15-22(23)27(31)32/h7,11-18H,1,8-10H2,2-6H3/t18-/m1/s1. The molecule has 0 saturated carbocycles. The van der Waals surface area contributed by atoms with Crippen molar-refractivity contribution in [1.29, 1.82) is 0 Å². The lowest BCUT2D eigenvalue weighted by Gasteiger charge is -2.19. The molecule has 7 heteroatoms. The summed E-state index contributed by atoms with van der Waals surface area (Å²) < 4.78 is 14.2. The third kappa shape index (κ3) is 5.76. The first kappa shape index (κ1) is 25.7. The Morgan fingerprint density at radius 2 is 1.97 bits per heavy atom. The predicted molar refractivity (Wildman–Crippen MR) is 143 cm³/mol. The van der Waals surface area contributed by atoms with Gasteiger partial charge in [0.05, 0.1) is 29.8 Å². The van der Waals surface area contributed by atoms with Crippen LogP contribution in [0.3, 0.4) is 0 Å². The summed E-state index contributed by atoms with van der Waals surface area (Å²) in [4.78, 5) is 18.2. The van der Waals surface area contributed by atoms with Gasteiger partial charge in [0, 0.05) is 16.0 Å². The zero-order chi connectivity index (χ0) is 24.8. The lowest BCUT2D eigenvalue weighted by Crippen LogP contribution is -2.23. The van der Waals surface area contributed by atoms with Crippen molar-refractivity contribution in [2.45, 2.75) is 59.5 Å². The fraction of sp³-hybridized carbons (Fsp3) is 0.370. The number of halogens is 1.